The van der Waals surface area contributed by atoms with Gasteiger partial charge in [0.25, 0.3) is 0 Å². The molecular formula is C62H56. The lowest BCUT2D eigenvalue weighted by Crippen LogP contribution is -2.10. The van der Waals surface area contributed by atoms with Crippen molar-refractivity contribution < 1.29 is 0 Å². The van der Waals surface area contributed by atoms with Crippen LogP contribution in [0.2, 0.25) is 0 Å². The molecular weight excluding hydrogens is 745 g/mol. The fourth-order valence-electron chi connectivity index (χ4n) is 7.95. The molecule has 0 atom stereocenters. The summed E-state index contributed by atoms with van der Waals surface area (Å²) in [5.74, 6) is 0. The largest absolute Gasteiger partial charge is 0.0622 e. The molecule has 0 aromatic heterocycles. The van der Waals surface area contributed by atoms with E-state index >= 15 is 0 Å². The van der Waals surface area contributed by atoms with Crippen LogP contribution in [0.25, 0.3) is 58.4 Å². The average Bonchev–Trinajstić information content (AvgIpc) is 3.29. The molecule has 8 aromatic rings. The lowest BCUT2D eigenvalue weighted by Gasteiger charge is -2.19. The van der Waals surface area contributed by atoms with Crippen LogP contribution in [0.15, 0.2) is 194 Å². The van der Waals surface area contributed by atoms with Gasteiger partial charge in [-0.15, -0.1) is 0 Å². The number of hydrogen-bond donors (Lipinski definition) is 0. The third kappa shape index (κ3) is 10.1. The highest BCUT2D eigenvalue weighted by atomic mass is 14.2. The van der Waals surface area contributed by atoms with Crippen LogP contribution in [-0.4, -0.2) is 0 Å². The van der Waals surface area contributed by atoms with E-state index in [2.05, 4.69) is 272 Å². The fourth-order valence-corrected chi connectivity index (χ4v) is 7.95. The first kappa shape index (κ1) is 41.7. The normalized spacial score (nSPS) is 12.7. The lowest BCUT2D eigenvalue weighted by molar-refractivity contribution is 0.590. The van der Waals surface area contributed by atoms with E-state index in [0.717, 1.165) is 11.1 Å². The number of fused-ring (bicyclic) bond motifs is 1. The Morgan fingerprint density at radius 1 is 0.323 bits per heavy atom. The van der Waals surface area contributed by atoms with Crippen LogP contribution in [0.1, 0.15) is 108 Å². The average molecular weight is 801 g/mol. The van der Waals surface area contributed by atoms with E-state index in [1.807, 2.05) is 0 Å². The first-order chi connectivity index (χ1) is 30.0. The van der Waals surface area contributed by atoms with Gasteiger partial charge in [0.15, 0.2) is 0 Å². The molecule has 0 heteroatoms. The highest BCUT2D eigenvalue weighted by Gasteiger charge is 2.16. The van der Waals surface area contributed by atoms with Gasteiger partial charge in [-0.1, -0.05) is 260 Å². The smallest absolute Gasteiger partial charge is 0.0105 e. The van der Waals surface area contributed by atoms with Crippen LogP contribution in [-0.2, 0) is 10.8 Å². The molecule has 0 spiro atoms. The third-order valence-corrected chi connectivity index (χ3v) is 11.7. The second kappa shape index (κ2) is 18.3. The molecule has 0 bridgehead atoms. The maximum atomic E-state index is 2.30. The number of benzene rings is 8. The van der Waals surface area contributed by atoms with Crippen molar-refractivity contribution >= 4 is 58.4 Å². The molecule has 304 valence electrons. The van der Waals surface area contributed by atoms with Crippen LogP contribution in [0.4, 0.5) is 0 Å². The van der Waals surface area contributed by atoms with Crippen molar-refractivity contribution in [2.45, 2.75) is 52.4 Å². The SMILES string of the molecule is CC(C)(C)c1ccc(/C(=C\c2ccc(/C=C/c3ccc4ccccc4c3/C=C/c3ccc(/C=C(\c4ccccc4)c4ccc(C(C)(C)C)cc4)cc3)cc2)c2ccccc2)cc1. The summed E-state index contributed by atoms with van der Waals surface area (Å²) in [6.45, 7) is 13.6. The summed E-state index contributed by atoms with van der Waals surface area (Å²) >= 11 is 0. The minimum atomic E-state index is 0.112. The van der Waals surface area contributed by atoms with Gasteiger partial charge in [-0.25, -0.2) is 0 Å². The van der Waals surface area contributed by atoms with Gasteiger partial charge < -0.3 is 0 Å². The standard InChI is InChI=1S/C62H56/c1-61(2,3)55-38-34-53(35-39-55)59(49-15-9-7-10-16-49)43-47-25-21-45(22-26-47)29-31-52-33-32-51-19-13-14-20-57(51)58(52)42-30-46-23-27-48(28-24-46)44-60(50-17-11-8-12-18-50)54-36-40-56(41-37-54)62(4,5)6/h7-44H,1-6H3/b31-29+,42-30+,59-43-,60-44+. The van der Waals surface area contributed by atoms with E-state index in [9.17, 15) is 0 Å². The van der Waals surface area contributed by atoms with E-state index in [4.69, 9.17) is 0 Å². The van der Waals surface area contributed by atoms with E-state index in [1.54, 1.807) is 0 Å². The van der Waals surface area contributed by atoms with Crippen LogP contribution in [0.5, 0.6) is 0 Å². The quantitative estimate of drug-likeness (QED) is 0.121. The fraction of sp³-hybridized carbons (Fsp3) is 0.129. The predicted molar refractivity (Wildman–Crippen MR) is 272 cm³/mol. The zero-order valence-electron chi connectivity index (χ0n) is 36.9. The summed E-state index contributed by atoms with van der Waals surface area (Å²) in [6, 6.07) is 70.3. The lowest BCUT2D eigenvalue weighted by atomic mass is 9.85. The van der Waals surface area contributed by atoms with Gasteiger partial charge in [0.2, 0.25) is 0 Å². The number of rotatable bonds is 10. The van der Waals surface area contributed by atoms with E-state index in [0.29, 0.717) is 0 Å². The van der Waals surface area contributed by atoms with Gasteiger partial charge in [-0.05, 0) is 112 Å². The van der Waals surface area contributed by atoms with Crippen molar-refractivity contribution in [3.8, 4) is 0 Å². The molecule has 0 fully saturated rings. The monoisotopic (exact) mass is 800 g/mol. The topological polar surface area (TPSA) is 0 Å². The van der Waals surface area contributed by atoms with Gasteiger partial charge in [-0.2, -0.15) is 0 Å². The molecule has 0 aliphatic heterocycles. The first-order valence-electron chi connectivity index (χ1n) is 21.8. The van der Waals surface area contributed by atoms with Crippen molar-refractivity contribution in [3.63, 3.8) is 0 Å². The highest BCUT2D eigenvalue weighted by molar-refractivity contribution is 5.98. The minimum Gasteiger partial charge on any atom is -0.0622 e. The number of hydrogen-bond acceptors (Lipinski definition) is 0. The van der Waals surface area contributed by atoms with Gasteiger partial charge in [0, 0.05) is 0 Å². The second-order valence-corrected chi connectivity index (χ2v) is 18.3. The molecule has 0 saturated carbocycles. The van der Waals surface area contributed by atoms with Crippen molar-refractivity contribution in [3.05, 3.63) is 261 Å². The van der Waals surface area contributed by atoms with Crippen molar-refractivity contribution in [2.75, 3.05) is 0 Å². The molecule has 0 N–H and O–H groups in total. The van der Waals surface area contributed by atoms with E-state index < -0.39 is 0 Å². The Morgan fingerprint density at radius 3 is 1.16 bits per heavy atom. The van der Waals surface area contributed by atoms with Gasteiger partial charge in [-0.3, -0.25) is 0 Å². The molecule has 0 heterocycles. The van der Waals surface area contributed by atoms with Gasteiger partial charge >= 0.3 is 0 Å². The Balaban J connectivity index is 1.05. The van der Waals surface area contributed by atoms with Gasteiger partial charge in [0.1, 0.15) is 0 Å². The Morgan fingerprint density at radius 2 is 0.710 bits per heavy atom. The second-order valence-electron chi connectivity index (χ2n) is 18.3. The summed E-state index contributed by atoms with van der Waals surface area (Å²) in [7, 11) is 0. The molecule has 0 unspecified atom stereocenters. The summed E-state index contributed by atoms with van der Waals surface area (Å²) in [4.78, 5) is 0. The van der Waals surface area contributed by atoms with Gasteiger partial charge in [0.05, 0.1) is 0 Å². The first-order valence-corrected chi connectivity index (χ1v) is 21.8. The molecule has 0 amide bonds. The zero-order chi connectivity index (χ0) is 43.1. The molecule has 62 heavy (non-hydrogen) atoms. The van der Waals surface area contributed by atoms with Crippen molar-refractivity contribution in [2.24, 2.45) is 0 Å². The van der Waals surface area contributed by atoms with Crippen LogP contribution in [0, 0.1) is 0 Å². The summed E-state index contributed by atoms with van der Waals surface area (Å²) in [5, 5.41) is 2.46. The van der Waals surface area contributed by atoms with Crippen LogP contribution in [0.3, 0.4) is 0 Å². The van der Waals surface area contributed by atoms with Crippen molar-refractivity contribution in [1.29, 1.82) is 0 Å². The van der Waals surface area contributed by atoms with Crippen molar-refractivity contribution in [1.82, 2.24) is 0 Å². The molecule has 0 aliphatic carbocycles. The molecule has 0 aliphatic rings. The summed E-state index contributed by atoms with van der Waals surface area (Å²) in [6.07, 6.45) is 13.6. The maximum absolute atomic E-state index is 2.30. The highest BCUT2D eigenvalue weighted by Crippen LogP contribution is 2.32. The molecule has 0 saturated heterocycles. The zero-order valence-corrected chi connectivity index (χ0v) is 36.9. The molecule has 8 aromatic carbocycles. The Labute approximate surface area is 370 Å². The Hall–Kier alpha value is -7.02. The molecule has 8 rings (SSSR count). The van der Waals surface area contributed by atoms with Crippen LogP contribution < -0.4 is 0 Å². The Bertz CT molecular complexity index is 2870. The molecule has 0 nitrogen and oxygen atoms in total. The van der Waals surface area contributed by atoms with Crippen LogP contribution >= 0.6 is 0 Å². The Kier molecular flexibility index (Phi) is 12.3. The molecule has 0 radical (unpaired) electrons. The summed E-state index contributed by atoms with van der Waals surface area (Å²) in [5.41, 5.74) is 17.2. The third-order valence-electron chi connectivity index (χ3n) is 11.7. The van der Waals surface area contributed by atoms with E-state index in [-0.39, 0.29) is 10.8 Å². The summed E-state index contributed by atoms with van der Waals surface area (Å²) < 4.78 is 0. The predicted octanol–water partition coefficient (Wildman–Crippen LogP) is 17.0. The van der Waals surface area contributed by atoms with E-state index in [1.165, 1.54) is 77.6 Å². The maximum Gasteiger partial charge on any atom is -0.0105 e. The minimum absolute atomic E-state index is 0.112.